The first-order valence-corrected chi connectivity index (χ1v) is 8.42. The molecule has 0 bridgehead atoms. The fraction of sp³-hybridized carbons (Fsp3) is 0.438. The van der Waals surface area contributed by atoms with E-state index in [0.717, 1.165) is 39.3 Å². The van der Waals surface area contributed by atoms with E-state index in [4.69, 9.17) is 0 Å². The number of anilines is 1. The molecule has 2 heterocycles. The van der Waals surface area contributed by atoms with Crippen molar-refractivity contribution in [1.29, 1.82) is 0 Å². The van der Waals surface area contributed by atoms with E-state index >= 15 is 0 Å². The molecule has 0 aliphatic heterocycles. The molecule has 1 aliphatic carbocycles. The van der Waals surface area contributed by atoms with Gasteiger partial charge >= 0.3 is 0 Å². The number of carbonyl (C=O) groups excluding carboxylic acids is 1. The minimum absolute atomic E-state index is 0.0158. The molecular weight excluding hydrogens is 296 g/mol. The van der Waals surface area contributed by atoms with Gasteiger partial charge in [-0.3, -0.25) is 4.79 Å². The molecule has 0 unspecified atom stereocenters. The standard InChI is InChI=1S/C16H20N4OS/c1-3-8-17-14-12-10(2)13(22-16(12)19-9-18-14)15(21)20-11-6-4-5-7-11/h3,9,11H,1,4-8H2,2H3,(H,20,21)(H,17,18,19). The number of aromatic nitrogens is 2. The normalized spacial score (nSPS) is 15.1. The molecule has 5 nitrogen and oxygen atoms in total. The predicted octanol–water partition coefficient (Wildman–Crippen LogP) is 3.27. The molecule has 2 aromatic rings. The van der Waals surface area contributed by atoms with Gasteiger partial charge in [-0.1, -0.05) is 18.9 Å². The first-order valence-electron chi connectivity index (χ1n) is 7.60. The van der Waals surface area contributed by atoms with Crippen LogP contribution in [-0.4, -0.2) is 28.5 Å². The number of hydrogen-bond acceptors (Lipinski definition) is 5. The molecule has 1 amide bonds. The van der Waals surface area contributed by atoms with E-state index in [9.17, 15) is 4.79 Å². The van der Waals surface area contributed by atoms with Crippen molar-refractivity contribution in [2.75, 3.05) is 11.9 Å². The van der Waals surface area contributed by atoms with Gasteiger partial charge in [0.15, 0.2) is 0 Å². The minimum atomic E-state index is 0.0158. The van der Waals surface area contributed by atoms with Crippen LogP contribution in [0.15, 0.2) is 19.0 Å². The van der Waals surface area contributed by atoms with E-state index in [1.807, 2.05) is 6.92 Å². The van der Waals surface area contributed by atoms with Gasteiger partial charge < -0.3 is 10.6 Å². The van der Waals surface area contributed by atoms with E-state index in [-0.39, 0.29) is 5.91 Å². The van der Waals surface area contributed by atoms with Crippen molar-refractivity contribution in [2.45, 2.75) is 38.6 Å². The van der Waals surface area contributed by atoms with Crippen molar-refractivity contribution < 1.29 is 4.79 Å². The average molecular weight is 316 g/mol. The molecule has 0 aromatic carbocycles. The smallest absolute Gasteiger partial charge is 0.261 e. The Hall–Kier alpha value is -1.95. The lowest BCUT2D eigenvalue weighted by atomic mass is 10.2. The number of thiophene rings is 1. The molecule has 22 heavy (non-hydrogen) atoms. The number of nitrogens with zero attached hydrogens (tertiary/aromatic N) is 2. The van der Waals surface area contributed by atoms with Crippen LogP contribution in [0.5, 0.6) is 0 Å². The second-order valence-corrected chi connectivity index (χ2v) is 6.58. The highest BCUT2D eigenvalue weighted by molar-refractivity contribution is 7.20. The Morgan fingerprint density at radius 3 is 2.95 bits per heavy atom. The van der Waals surface area contributed by atoms with Crippen molar-refractivity contribution in [3.8, 4) is 0 Å². The topological polar surface area (TPSA) is 66.9 Å². The lowest BCUT2D eigenvalue weighted by Gasteiger charge is -2.11. The molecule has 1 fully saturated rings. The molecule has 2 aromatic heterocycles. The highest BCUT2D eigenvalue weighted by atomic mass is 32.1. The molecule has 0 spiro atoms. The molecule has 116 valence electrons. The number of nitrogens with one attached hydrogen (secondary N) is 2. The first kappa shape index (κ1) is 15.0. The molecule has 1 aliphatic rings. The van der Waals surface area contributed by atoms with Crippen molar-refractivity contribution in [1.82, 2.24) is 15.3 Å². The van der Waals surface area contributed by atoms with Crippen LogP contribution in [0.2, 0.25) is 0 Å². The molecule has 6 heteroatoms. The van der Waals surface area contributed by atoms with E-state index in [2.05, 4.69) is 27.2 Å². The Labute approximate surface area is 133 Å². The van der Waals surface area contributed by atoms with Crippen LogP contribution < -0.4 is 10.6 Å². The van der Waals surface area contributed by atoms with Gasteiger partial charge in [-0.05, 0) is 25.3 Å². The second-order valence-electron chi connectivity index (χ2n) is 5.58. The summed E-state index contributed by atoms with van der Waals surface area (Å²) in [5.41, 5.74) is 0.947. The SMILES string of the molecule is C=CCNc1ncnc2sc(C(=O)NC3CCCC3)c(C)c12. The number of aryl methyl sites for hydroxylation is 1. The summed E-state index contributed by atoms with van der Waals surface area (Å²) in [7, 11) is 0. The number of amides is 1. The predicted molar refractivity (Wildman–Crippen MR) is 90.6 cm³/mol. The number of rotatable bonds is 5. The fourth-order valence-corrected chi connectivity index (χ4v) is 3.96. The van der Waals surface area contributed by atoms with Crippen molar-refractivity contribution in [3.05, 3.63) is 29.4 Å². The van der Waals surface area contributed by atoms with Crippen LogP contribution in [0.3, 0.4) is 0 Å². The maximum Gasteiger partial charge on any atom is 0.261 e. The van der Waals surface area contributed by atoms with Gasteiger partial charge in [0.2, 0.25) is 0 Å². The summed E-state index contributed by atoms with van der Waals surface area (Å²) in [6.45, 7) is 6.29. The third kappa shape index (κ3) is 2.83. The maximum atomic E-state index is 12.5. The van der Waals surface area contributed by atoms with Crippen LogP contribution in [0, 0.1) is 6.92 Å². The average Bonchev–Trinajstić information content (AvgIpc) is 3.13. The summed E-state index contributed by atoms with van der Waals surface area (Å²) in [6.07, 6.45) is 7.89. The molecule has 0 saturated heterocycles. The first-order chi connectivity index (χ1) is 10.7. The molecule has 1 saturated carbocycles. The van der Waals surface area contributed by atoms with Crippen LogP contribution in [0.25, 0.3) is 10.2 Å². The minimum Gasteiger partial charge on any atom is -0.366 e. The van der Waals surface area contributed by atoms with Crippen molar-refractivity contribution in [2.24, 2.45) is 0 Å². The van der Waals surface area contributed by atoms with E-state index in [1.54, 1.807) is 6.08 Å². The van der Waals surface area contributed by atoms with Crippen molar-refractivity contribution in [3.63, 3.8) is 0 Å². The van der Waals surface area contributed by atoms with E-state index in [1.165, 1.54) is 30.5 Å². The highest BCUT2D eigenvalue weighted by Crippen LogP contribution is 2.33. The van der Waals surface area contributed by atoms with Gasteiger partial charge in [-0.15, -0.1) is 17.9 Å². The van der Waals surface area contributed by atoms with Crippen LogP contribution >= 0.6 is 11.3 Å². The molecule has 0 radical (unpaired) electrons. The summed E-state index contributed by atoms with van der Waals surface area (Å²) >= 11 is 1.43. The zero-order valence-corrected chi connectivity index (χ0v) is 13.5. The van der Waals surface area contributed by atoms with Crippen molar-refractivity contribution >= 4 is 33.3 Å². The van der Waals surface area contributed by atoms with Crippen LogP contribution in [-0.2, 0) is 0 Å². The summed E-state index contributed by atoms with van der Waals surface area (Å²) < 4.78 is 0. The van der Waals surface area contributed by atoms with E-state index in [0.29, 0.717) is 12.6 Å². The fourth-order valence-electron chi connectivity index (χ4n) is 2.91. The summed E-state index contributed by atoms with van der Waals surface area (Å²) in [5, 5.41) is 7.29. The number of hydrogen-bond donors (Lipinski definition) is 2. The zero-order valence-electron chi connectivity index (χ0n) is 12.7. The third-order valence-corrected chi connectivity index (χ3v) is 5.24. The molecule has 3 rings (SSSR count). The molecule has 0 atom stereocenters. The van der Waals surface area contributed by atoms with Crippen LogP contribution in [0.1, 0.15) is 40.9 Å². The van der Waals surface area contributed by atoms with Gasteiger partial charge in [-0.25, -0.2) is 9.97 Å². The monoisotopic (exact) mass is 316 g/mol. The second kappa shape index (κ2) is 6.44. The van der Waals surface area contributed by atoms with Gasteiger partial charge in [-0.2, -0.15) is 0 Å². The van der Waals surface area contributed by atoms with Gasteiger partial charge in [0.05, 0.1) is 10.3 Å². The van der Waals surface area contributed by atoms with E-state index < -0.39 is 0 Å². The third-order valence-electron chi connectivity index (χ3n) is 4.04. The Morgan fingerprint density at radius 1 is 1.45 bits per heavy atom. The largest absolute Gasteiger partial charge is 0.366 e. The Bertz CT molecular complexity index is 703. The summed E-state index contributed by atoms with van der Waals surface area (Å²) in [5.74, 6) is 0.778. The van der Waals surface area contributed by atoms with Gasteiger partial charge in [0.25, 0.3) is 5.91 Å². The summed E-state index contributed by atoms with van der Waals surface area (Å²) in [4.78, 5) is 22.7. The summed E-state index contributed by atoms with van der Waals surface area (Å²) in [6, 6.07) is 0.321. The Kier molecular flexibility index (Phi) is 4.38. The zero-order chi connectivity index (χ0) is 15.5. The van der Waals surface area contributed by atoms with Crippen LogP contribution in [0.4, 0.5) is 5.82 Å². The number of fused-ring (bicyclic) bond motifs is 1. The van der Waals surface area contributed by atoms with Gasteiger partial charge in [0.1, 0.15) is 17.0 Å². The van der Waals surface area contributed by atoms with Gasteiger partial charge in [0, 0.05) is 12.6 Å². The Morgan fingerprint density at radius 2 is 2.23 bits per heavy atom. The highest BCUT2D eigenvalue weighted by Gasteiger charge is 2.22. The molecule has 2 N–H and O–H groups in total. The molecular formula is C16H20N4OS. The Balaban J connectivity index is 1.91. The maximum absolute atomic E-state index is 12.5. The lowest BCUT2D eigenvalue weighted by Crippen LogP contribution is -2.32. The number of carbonyl (C=O) groups is 1. The quantitative estimate of drug-likeness (QED) is 0.831. The lowest BCUT2D eigenvalue weighted by molar-refractivity contribution is 0.0941.